The maximum atomic E-state index is 12.8. The third kappa shape index (κ3) is 4.91. The Balaban J connectivity index is 3.13. The van der Waals surface area contributed by atoms with Crippen molar-refractivity contribution in [1.29, 1.82) is 0 Å². The molecule has 0 unspecified atom stereocenters. The second-order valence-corrected chi connectivity index (χ2v) is 5.40. The normalized spacial score (nSPS) is 11.6. The van der Waals surface area contributed by atoms with Gasteiger partial charge in [0.1, 0.15) is 0 Å². The summed E-state index contributed by atoms with van der Waals surface area (Å²) in [5, 5.41) is 8.48. The number of nitrogens with zero attached hydrogens (tertiary/aromatic N) is 1. The van der Waals surface area contributed by atoms with Crippen LogP contribution in [0.2, 0.25) is 5.02 Å². The smallest absolute Gasteiger partial charge is 0.416 e. The number of benzene rings is 1. The van der Waals surface area contributed by atoms with Crippen LogP contribution in [0.3, 0.4) is 0 Å². The van der Waals surface area contributed by atoms with E-state index in [1.54, 1.807) is 13.8 Å². The van der Waals surface area contributed by atoms with E-state index in [2.05, 4.69) is 0 Å². The molecule has 1 rings (SSSR count). The SMILES string of the molecule is CC(C)N(CCC(=O)O)C(=O)c1cc(Cl)cc(C(F)(F)F)c1. The van der Waals surface area contributed by atoms with Gasteiger partial charge in [0, 0.05) is 23.2 Å². The fourth-order valence-electron chi connectivity index (χ4n) is 1.85. The van der Waals surface area contributed by atoms with Gasteiger partial charge in [0.05, 0.1) is 12.0 Å². The number of rotatable bonds is 5. The van der Waals surface area contributed by atoms with Crippen LogP contribution in [0.15, 0.2) is 18.2 Å². The monoisotopic (exact) mass is 337 g/mol. The Bertz CT molecular complexity index is 573. The number of carboxylic acid groups (broad SMARTS) is 1. The Hall–Kier alpha value is -1.76. The number of hydrogen-bond donors (Lipinski definition) is 1. The van der Waals surface area contributed by atoms with Gasteiger partial charge in [-0.1, -0.05) is 11.6 Å². The number of halogens is 4. The molecule has 1 aromatic carbocycles. The number of carboxylic acids is 1. The van der Waals surface area contributed by atoms with Crippen LogP contribution >= 0.6 is 11.6 Å². The van der Waals surface area contributed by atoms with Gasteiger partial charge in [0.25, 0.3) is 5.91 Å². The number of aliphatic carboxylic acids is 1. The van der Waals surface area contributed by atoms with E-state index in [0.717, 1.165) is 12.1 Å². The lowest BCUT2D eigenvalue weighted by molar-refractivity contribution is -0.138. The lowest BCUT2D eigenvalue weighted by Crippen LogP contribution is -2.38. The lowest BCUT2D eigenvalue weighted by Gasteiger charge is -2.26. The van der Waals surface area contributed by atoms with E-state index in [1.165, 1.54) is 4.90 Å². The van der Waals surface area contributed by atoms with Crippen molar-refractivity contribution in [1.82, 2.24) is 4.90 Å². The van der Waals surface area contributed by atoms with Crippen molar-refractivity contribution in [3.8, 4) is 0 Å². The molecule has 0 saturated carbocycles. The van der Waals surface area contributed by atoms with Gasteiger partial charge in [0.15, 0.2) is 0 Å². The summed E-state index contributed by atoms with van der Waals surface area (Å²) in [5.74, 6) is -1.79. The van der Waals surface area contributed by atoms with Crippen LogP contribution in [0.4, 0.5) is 13.2 Å². The maximum absolute atomic E-state index is 12.8. The first kappa shape index (κ1) is 18.3. The van der Waals surface area contributed by atoms with Crippen molar-refractivity contribution in [2.75, 3.05) is 6.54 Å². The third-order valence-electron chi connectivity index (χ3n) is 2.92. The second-order valence-electron chi connectivity index (χ2n) is 4.96. The molecule has 0 heterocycles. The Kier molecular flexibility index (Phi) is 5.82. The highest BCUT2D eigenvalue weighted by Crippen LogP contribution is 2.32. The zero-order valence-electron chi connectivity index (χ0n) is 11.9. The van der Waals surface area contributed by atoms with Crippen molar-refractivity contribution >= 4 is 23.5 Å². The molecular weight excluding hydrogens is 323 g/mol. The van der Waals surface area contributed by atoms with E-state index < -0.39 is 23.6 Å². The predicted octanol–water partition coefficient (Wildman–Crippen LogP) is 3.68. The third-order valence-corrected chi connectivity index (χ3v) is 3.14. The summed E-state index contributed by atoms with van der Waals surface area (Å²) in [6.45, 7) is 3.20. The van der Waals surface area contributed by atoms with Gasteiger partial charge in [-0.2, -0.15) is 13.2 Å². The summed E-state index contributed by atoms with van der Waals surface area (Å²) in [6.07, 6.45) is -4.92. The van der Waals surface area contributed by atoms with E-state index in [4.69, 9.17) is 16.7 Å². The van der Waals surface area contributed by atoms with E-state index in [9.17, 15) is 22.8 Å². The highest BCUT2D eigenvalue weighted by Gasteiger charge is 2.32. The number of carbonyl (C=O) groups excluding carboxylic acids is 1. The highest BCUT2D eigenvalue weighted by atomic mass is 35.5. The van der Waals surface area contributed by atoms with Gasteiger partial charge in [-0.05, 0) is 32.0 Å². The fraction of sp³-hybridized carbons (Fsp3) is 0.429. The molecule has 0 aliphatic carbocycles. The minimum absolute atomic E-state index is 0.0975. The van der Waals surface area contributed by atoms with E-state index >= 15 is 0 Å². The first-order valence-corrected chi connectivity index (χ1v) is 6.80. The van der Waals surface area contributed by atoms with Gasteiger partial charge < -0.3 is 10.0 Å². The summed E-state index contributed by atoms with van der Waals surface area (Å²) in [5.41, 5.74) is -1.25. The van der Waals surface area contributed by atoms with Gasteiger partial charge in [0.2, 0.25) is 0 Å². The summed E-state index contributed by atoms with van der Waals surface area (Å²) < 4.78 is 38.3. The zero-order valence-corrected chi connectivity index (χ0v) is 12.7. The number of amides is 1. The van der Waals surface area contributed by atoms with E-state index in [0.29, 0.717) is 6.07 Å². The van der Waals surface area contributed by atoms with Crippen LogP contribution in [0.1, 0.15) is 36.2 Å². The van der Waals surface area contributed by atoms with Gasteiger partial charge >= 0.3 is 12.1 Å². The summed E-state index contributed by atoms with van der Waals surface area (Å²) in [6, 6.07) is 2.22. The second kappa shape index (κ2) is 7.00. The largest absolute Gasteiger partial charge is 0.481 e. The fourth-order valence-corrected chi connectivity index (χ4v) is 2.09. The molecule has 0 bridgehead atoms. The van der Waals surface area contributed by atoms with Crippen molar-refractivity contribution in [3.05, 3.63) is 34.3 Å². The summed E-state index contributed by atoms with van der Waals surface area (Å²) >= 11 is 5.65. The Morgan fingerprint density at radius 3 is 2.32 bits per heavy atom. The molecule has 0 aliphatic heterocycles. The Labute approximate surface area is 130 Å². The van der Waals surface area contributed by atoms with Crippen LogP contribution in [-0.2, 0) is 11.0 Å². The molecule has 8 heteroatoms. The molecule has 4 nitrogen and oxygen atoms in total. The van der Waals surface area contributed by atoms with Gasteiger partial charge in [-0.3, -0.25) is 9.59 Å². The van der Waals surface area contributed by atoms with Crippen molar-refractivity contribution in [3.63, 3.8) is 0 Å². The topological polar surface area (TPSA) is 57.6 Å². The number of carbonyl (C=O) groups is 2. The van der Waals surface area contributed by atoms with Crippen LogP contribution in [0.5, 0.6) is 0 Å². The average molecular weight is 338 g/mol. The van der Waals surface area contributed by atoms with E-state index in [-0.39, 0.29) is 29.6 Å². The molecule has 0 saturated heterocycles. The molecule has 22 heavy (non-hydrogen) atoms. The zero-order chi connectivity index (χ0) is 17.1. The Morgan fingerprint density at radius 1 is 1.27 bits per heavy atom. The molecule has 0 fully saturated rings. The first-order valence-electron chi connectivity index (χ1n) is 6.43. The first-order chi connectivity index (χ1) is 10.0. The van der Waals surface area contributed by atoms with Crippen molar-refractivity contribution in [2.24, 2.45) is 0 Å². The molecule has 0 spiro atoms. The number of hydrogen-bond acceptors (Lipinski definition) is 2. The molecule has 122 valence electrons. The van der Waals surface area contributed by atoms with Crippen LogP contribution in [0, 0.1) is 0 Å². The van der Waals surface area contributed by atoms with Gasteiger partial charge in [-0.15, -0.1) is 0 Å². The van der Waals surface area contributed by atoms with Crippen LogP contribution in [0.25, 0.3) is 0 Å². The molecule has 0 atom stereocenters. The minimum Gasteiger partial charge on any atom is -0.481 e. The maximum Gasteiger partial charge on any atom is 0.416 e. The van der Waals surface area contributed by atoms with Crippen LogP contribution < -0.4 is 0 Å². The molecule has 1 aromatic rings. The summed E-state index contributed by atoms with van der Waals surface area (Å²) in [4.78, 5) is 24.1. The van der Waals surface area contributed by atoms with E-state index in [1.807, 2.05) is 0 Å². The molecule has 0 aliphatic rings. The van der Waals surface area contributed by atoms with Gasteiger partial charge in [-0.25, -0.2) is 0 Å². The van der Waals surface area contributed by atoms with Crippen molar-refractivity contribution in [2.45, 2.75) is 32.5 Å². The molecule has 1 amide bonds. The molecule has 0 aromatic heterocycles. The Morgan fingerprint density at radius 2 is 1.86 bits per heavy atom. The summed E-state index contributed by atoms with van der Waals surface area (Å²) in [7, 11) is 0. The number of alkyl halides is 3. The molecule has 0 radical (unpaired) electrons. The highest BCUT2D eigenvalue weighted by molar-refractivity contribution is 6.31. The molecule has 1 N–H and O–H groups in total. The van der Waals surface area contributed by atoms with Crippen molar-refractivity contribution < 1.29 is 27.9 Å². The lowest BCUT2D eigenvalue weighted by atomic mass is 10.1. The quantitative estimate of drug-likeness (QED) is 0.891. The average Bonchev–Trinajstić information content (AvgIpc) is 2.36. The predicted molar refractivity (Wildman–Crippen MR) is 74.9 cm³/mol. The minimum atomic E-state index is -4.62. The standard InChI is InChI=1S/C14H15ClF3NO3/c1-8(2)19(4-3-12(20)21)13(22)9-5-10(14(16,17)18)7-11(15)6-9/h5-8H,3-4H2,1-2H3,(H,20,21). The molecular formula is C14H15ClF3NO3. The van der Waals surface area contributed by atoms with Crippen LogP contribution in [-0.4, -0.2) is 34.5 Å².